The Kier molecular flexibility index (Phi) is 5.58. The van der Waals surface area contributed by atoms with Crippen molar-refractivity contribution in [2.24, 2.45) is 0 Å². The molecule has 0 radical (unpaired) electrons. The van der Waals surface area contributed by atoms with E-state index in [2.05, 4.69) is 29.6 Å². The molecule has 1 aliphatic heterocycles. The summed E-state index contributed by atoms with van der Waals surface area (Å²) in [7, 11) is 1.70. The number of rotatable bonds is 5. The van der Waals surface area contributed by atoms with E-state index in [1.807, 2.05) is 29.8 Å². The monoisotopic (exact) mass is 395 g/mol. The normalized spacial score (nSPS) is 13.5. The van der Waals surface area contributed by atoms with Crippen molar-refractivity contribution in [3.63, 3.8) is 0 Å². The van der Waals surface area contributed by atoms with Gasteiger partial charge in [0.1, 0.15) is 11.6 Å². The van der Waals surface area contributed by atoms with Crippen molar-refractivity contribution in [2.75, 3.05) is 19.0 Å². The summed E-state index contributed by atoms with van der Waals surface area (Å²) in [6, 6.07) is 14.4. The van der Waals surface area contributed by atoms with Gasteiger partial charge in [-0.2, -0.15) is 5.10 Å². The molecule has 4 nitrogen and oxygen atoms in total. The van der Waals surface area contributed by atoms with Gasteiger partial charge >= 0.3 is 0 Å². The average Bonchev–Trinajstić information content (AvgIpc) is 2.88. The largest absolute Gasteiger partial charge is 0.497 e. The van der Waals surface area contributed by atoms with Crippen molar-refractivity contribution >= 4 is 17.4 Å². The Balaban J connectivity index is 1.64. The molecule has 4 rings (SSSR count). The minimum atomic E-state index is 0.773. The molecule has 0 amide bonds. The number of hydrogen-bond donors (Lipinski definition) is 1. The summed E-state index contributed by atoms with van der Waals surface area (Å²) in [6.45, 7) is 3.00. The number of nitrogens with one attached hydrogen (secondary N) is 1. The zero-order valence-electron chi connectivity index (χ0n) is 16.5. The van der Waals surface area contributed by atoms with Gasteiger partial charge in [0.15, 0.2) is 0 Å². The zero-order valence-corrected chi connectivity index (χ0v) is 17.2. The highest BCUT2D eigenvalue weighted by Gasteiger charge is 2.20. The molecule has 0 saturated heterocycles. The number of benzene rings is 2. The number of hydrogen-bond acceptors (Lipinski definition) is 3. The van der Waals surface area contributed by atoms with Crippen molar-refractivity contribution in [3.8, 4) is 11.4 Å². The number of halogens is 1. The van der Waals surface area contributed by atoms with E-state index < -0.39 is 0 Å². The van der Waals surface area contributed by atoms with Crippen LogP contribution >= 0.6 is 11.6 Å². The lowest BCUT2D eigenvalue weighted by molar-refractivity contribution is 0.414. The Morgan fingerprint density at radius 3 is 2.68 bits per heavy atom. The first-order chi connectivity index (χ1) is 13.7. The standard InChI is InChI=1S/C23H26ClN3O/c1-16-6-10-18(15-21(16)24)27-23-20(5-3-4-14-25-23)22(26-27)13-9-17-7-11-19(28-2)12-8-17/h6-8,10-12,15,25H,3-5,9,13-14H2,1-2H3. The third-order valence-corrected chi connectivity index (χ3v) is 5.83. The molecule has 0 atom stereocenters. The first-order valence-electron chi connectivity index (χ1n) is 9.90. The first-order valence-corrected chi connectivity index (χ1v) is 10.3. The number of nitrogens with zero attached hydrogens (tertiary/aromatic N) is 2. The van der Waals surface area contributed by atoms with Crippen LogP contribution in [0, 0.1) is 6.92 Å². The number of aromatic nitrogens is 2. The second kappa shape index (κ2) is 8.27. The van der Waals surface area contributed by atoms with Crippen LogP contribution < -0.4 is 10.1 Å². The minimum absolute atomic E-state index is 0.773. The van der Waals surface area contributed by atoms with Gasteiger partial charge in [0.25, 0.3) is 0 Å². The quantitative estimate of drug-likeness (QED) is 0.630. The molecule has 2 heterocycles. The molecular weight excluding hydrogens is 370 g/mol. The third kappa shape index (κ3) is 3.88. The Bertz CT molecular complexity index is 963. The molecule has 0 fully saturated rings. The Labute approximate surface area is 171 Å². The Morgan fingerprint density at radius 2 is 1.93 bits per heavy atom. The minimum Gasteiger partial charge on any atom is -0.497 e. The number of fused-ring (bicyclic) bond motifs is 1. The molecule has 3 aromatic rings. The van der Waals surface area contributed by atoms with Gasteiger partial charge < -0.3 is 10.1 Å². The summed E-state index contributed by atoms with van der Waals surface area (Å²) in [4.78, 5) is 0. The smallest absolute Gasteiger partial charge is 0.133 e. The van der Waals surface area contributed by atoms with Crippen molar-refractivity contribution in [3.05, 3.63) is 69.9 Å². The van der Waals surface area contributed by atoms with Crippen LogP contribution in [0.4, 0.5) is 5.82 Å². The molecule has 0 unspecified atom stereocenters. The van der Waals surface area contributed by atoms with Crippen LogP contribution in [0.25, 0.3) is 5.69 Å². The summed E-state index contributed by atoms with van der Waals surface area (Å²) in [5.74, 6) is 2.02. The van der Waals surface area contributed by atoms with E-state index >= 15 is 0 Å². The molecule has 1 aliphatic rings. The van der Waals surface area contributed by atoms with Crippen LogP contribution in [-0.2, 0) is 19.3 Å². The second-order valence-corrected chi connectivity index (χ2v) is 7.76. The van der Waals surface area contributed by atoms with Crippen molar-refractivity contribution in [1.82, 2.24) is 9.78 Å². The maximum Gasteiger partial charge on any atom is 0.133 e. The van der Waals surface area contributed by atoms with E-state index in [0.717, 1.165) is 53.6 Å². The van der Waals surface area contributed by atoms with Crippen molar-refractivity contribution in [1.29, 1.82) is 0 Å². The van der Waals surface area contributed by atoms with Gasteiger partial charge in [-0.25, -0.2) is 4.68 Å². The third-order valence-electron chi connectivity index (χ3n) is 5.42. The highest BCUT2D eigenvalue weighted by molar-refractivity contribution is 6.31. The SMILES string of the molecule is COc1ccc(CCc2nn(-c3ccc(C)c(Cl)c3)c3c2CCCCN3)cc1. The predicted octanol–water partition coefficient (Wildman–Crippen LogP) is 5.38. The van der Waals surface area contributed by atoms with Crippen molar-refractivity contribution < 1.29 is 4.74 Å². The van der Waals surface area contributed by atoms with Crippen LogP contribution in [0.15, 0.2) is 42.5 Å². The van der Waals surface area contributed by atoms with Gasteiger partial charge in [-0.1, -0.05) is 29.8 Å². The highest BCUT2D eigenvalue weighted by atomic mass is 35.5. The molecule has 0 spiro atoms. The van der Waals surface area contributed by atoms with Gasteiger partial charge in [-0.15, -0.1) is 0 Å². The van der Waals surface area contributed by atoms with Crippen LogP contribution in [-0.4, -0.2) is 23.4 Å². The summed E-state index contributed by atoms with van der Waals surface area (Å²) in [5.41, 5.74) is 5.91. The van der Waals surface area contributed by atoms with Gasteiger partial charge in [0.2, 0.25) is 0 Å². The number of anilines is 1. The summed E-state index contributed by atoms with van der Waals surface area (Å²) in [6.07, 6.45) is 5.32. The molecule has 28 heavy (non-hydrogen) atoms. The van der Waals surface area contributed by atoms with Crippen LogP contribution in [0.1, 0.15) is 35.2 Å². The molecule has 0 saturated carbocycles. The van der Waals surface area contributed by atoms with Crippen LogP contribution in [0.5, 0.6) is 5.75 Å². The summed E-state index contributed by atoms with van der Waals surface area (Å²) in [5, 5.41) is 9.37. The van der Waals surface area contributed by atoms with Gasteiger partial charge in [0, 0.05) is 17.1 Å². The topological polar surface area (TPSA) is 39.1 Å². The van der Waals surface area contributed by atoms with E-state index in [-0.39, 0.29) is 0 Å². The Morgan fingerprint density at radius 1 is 1.11 bits per heavy atom. The summed E-state index contributed by atoms with van der Waals surface area (Å²) >= 11 is 6.38. The van der Waals surface area contributed by atoms with Gasteiger partial charge in [-0.05, 0) is 74.4 Å². The number of methoxy groups -OCH3 is 1. The molecule has 1 N–H and O–H groups in total. The fraction of sp³-hybridized carbons (Fsp3) is 0.348. The number of ether oxygens (including phenoxy) is 1. The average molecular weight is 396 g/mol. The lowest BCUT2D eigenvalue weighted by Gasteiger charge is -2.10. The van der Waals surface area contributed by atoms with E-state index in [9.17, 15) is 0 Å². The van der Waals surface area contributed by atoms with Gasteiger partial charge in [0.05, 0.1) is 18.5 Å². The maximum absolute atomic E-state index is 6.38. The lowest BCUT2D eigenvalue weighted by atomic mass is 10.0. The predicted molar refractivity (Wildman–Crippen MR) is 115 cm³/mol. The van der Waals surface area contributed by atoms with Crippen LogP contribution in [0.3, 0.4) is 0 Å². The number of aryl methyl sites for hydroxylation is 3. The molecule has 146 valence electrons. The first kappa shape index (κ1) is 18.9. The fourth-order valence-electron chi connectivity index (χ4n) is 3.73. The fourth-order valence-corrected chi connectivity index (χ4v) is 3.90. The lowest BCUT2D eigenvalue weighted by Crippen LogP contribution is -2.07. The van der Waals surface area contributed by atoms with E-state index in [1.54, 1.807) is 7.11 Å². The second-order valence-electron chi connectivity index (χ2n) is 7.35. The molecule has 0 bridgehead atoms. The molecule has 2 aromatic carbocycles. The van der Waals surface area contributed by atoms with Crippen molar-refractivity contribution in [2.45, 2.75) is 39.0 Å². The van der Waals surface area contributed by atoms with E-state index in [1.165, 1.54) is 29.7 Å². The Hall–Kier alpha value is -2.46. The summed E-state index contributed by atoms with van der Waals surface area (Å²) < 4.78 is 7.29. The zero-order chi connectivity index (χ0) is 19.5. The van der Waals surface area contributed by atoms with E-state index in [4.69, 9.17) is 21.4 Å². The highest BCUT2D eigenvalue weighted by Crippen LogP contribution is 2.30. The van der Waals surface area contributed by atoms with E-state index in [0.29, 0.717) is 0 Å². The molecular formula is C23H26ClN3O. The van der Waals surface area contributed by atoms with Gasteiger partial charge in [-0.3, -0.25) is 0 Å². The molecule has 1 aromatic heterocycles. The van der Waals surface area contributed by atoms with Crippen LogP contribution in [0.2, 0.25) is 5.02 Å². The molecule has 0 aliphatic carbocycles. The maximum atomic E-state index is 6.38. The molecule has 5 heteroatoms.